The summed E-state index contributed by atoms with van der Waals surface area (Å²) >= 11 is 11.9. The third-order valence-electron chi connectivity index (χ3n) is 3.56. The molecule has 0 spiro atoms. The van der Waals surface area contributed by atoms with Crippen molar-refractivity contribution in [2.45, 2.75) is 4.90 Å². The molecular weight excluding hydrogens is 440 g/mol. The minimum atomic E-state index is -4.79. The van der Waals surface area contributed by atoms with E-state index in [-0.39, 0.29) is 15.7 Å². The topological polar surface area (TPSA) is 77.3 Å². The maximum absolute atomic E-state index is 12.9. The first kappa shape index (κ1) is 22.5. The van der Waals surface area contributed by atoms with E-state index in [9.17, 15) is 22.4 Å². The van der Waals surface area contributed by atoms with E-state index in [4.69, 9.17) is 23.2 Å². The largest absolute Gasteiger partial charge is 0.332 e. The predicted octanol–water partition coefficient (Wildman–Crippen LogP) is 6.40. The number of halogens is 3. The maximum Gasteiger partial charge on any atom is 0.332 e. The van der Waals surface area contributed by atoms with Crippen molar-refractivity contribution in [2.24, 2.45) is 0 Å². The molecule has 0 saturated heterocycles. The molecule has 2 aromatic rings. The van der Waals surface area contributed by atoms with Crippen molar-refractivity contribution in [1.82, 2.24) is 0 Å². The zero-order valence-corrected chi connectivity index (χ0v) is 17.0. The van der Waals surface area contributed by atoms with Gasteiger partial charge in [-0.3, -0.25) is 10.1 Å². The molecule has 0 N–H and O–H groups in total. The molecule has 0 aliphatic rings. The number of nitrogens with zero attached hydrogens (tertiary/aromatic N) is 1. The van der Waals surface area contributed by atoms with Gasteiger partial charge in [-0.25, -0.2) is 0 Å². The molecule has 0 radical (unpaired) electrons. The summed E-state index contributed by atoms with van der Waals surface area (Å²) in [6.07, 6.45) is 13.7. The average molecular weight is 454 g/mol. The zero-order valence-electron chi connectivity index (χ0n) is 14.7. The Morgan fingerprint density at radius 3 is 1.76 bits per heavy atom. The SMILES string of the molecule is O=[N+]([O-])c1ccc(/C=C/C=C/C=C/C=C/c2ccc(S(=O)(=O)F)cc2Cl)c(Cl)c1. The molecule has 0 saturated carbocycles. The number of allylic oxidation sites excluding steroid dienone is 6. The van der Waals surface area contributed by atoms with Crippen LogP contribution in [0.25, 0.3) is 12.2 Å². The van der Waals surface area contributed by atoms with E-state index in [2.05, 4.69) is 0 Å². The lowest BCUT2D eigenvalue weighted by Crippen LogP contribution is -1.91. The summed E-state index contributed by atoms with van der Waals surface area (Å²) in [6, 6.07) is 7.82. The Kier molecular flexibility index (Phi) is 7.90. The highest BCUT2D eigenvalue weighted by atomic mass is 35.5. The van der Waals surface area contributed by atoms with Crippen molar-refractivity contribution in [3.8, 4) is 0 Å². The lowest BCUT2D eigenvalue weighted by molar-refractivity contribution is -0.384. The number of rotatable bonds is 7. The van der Waals surface area contributed by atoms with Gasteiger partial charge in [-0.05, 0) is 29.3 Å². The number of non-ortho nitro benzene ring substituents is 1. The summed E-state index contributed by atoms with van der Waals surface area (Å²) in [7, 11) is -4.79. The molecule has 0 aromatic heterocycles. The molecule has 5 nitrogen and oxygen atoms in total. The van der Waals surface area contributed by atoms with Gasteiger partial charge in [-0.2, -0.15) is 8.42 Å². The standard InChI is InChI=1S/C20H14Cl2FNO4S/c21-19-13-17(24(25)26)11-9-15(19)7-5-3-1-2-4-6-8-16-10-12-18(14-20(16)22)29(23,27)28/h1-14H/b3-1+,4-2+,7-5+,8-6+. The smallest absolute Gasteiger partial charge is 0.258 e. The summed E-state index contributed by atoms with van der Waals surface area (Å²) in [4.78, 5) is 9.67. The number of hydrogen-bond donors (Lipinski definition) is 0. The van der Waals surface area contributed by atoms with Gasteiger partial charge in [0, 0.05) is 17.2 Å². The van der Waals surface area contributed by atoms with Crippen LogP contribution >= 0.6 is 23.2 Å². The average Bonchev–Trinajstić information content (AvgIpc) is 2.65. The second-order valence-electron chi connectivity index (χ2n) is 5.57. The van der Waals surface area contributed by atoms with Crippen LogP contribution < -0.4 is 0 Å². The monoisotopic (exact) mass is 453 g/mol. The minimum absolute atomic E-state index is 0.0709. The summed E-state index contributed by atoms with van der Waals surface area (Å²) in [5.41, 5.74) is 1.12. The van der Waals surface area contributed by atoms with Crippen LogP contribution in [0.3, 0.4) is 0 Å². The Hall–Kier alpha value is -2.74. The van der Waals surface area contributed by atoms with Crippen LogP contribution in [0, 0.1) is 10.1 Å². The molecule has 9 heteroatoms. The fourth-order valence-electron chi connectivity index (χ4n) is 2.13. The van der Waals surface area contributed by atoms with E-state index in [0.29, 0.717) is 11.1 Å². The van der Waals surface area contributed by atoms with Gasteiger partial charge in [0.25, 0.3) is 5.69 Å². The lowest BCUT2D eigenvalue weighted by Gasteiger charge is -2.00. The fraction of sp³-hybridized carbons (Fsp3) is 0. The molecule has 29 heavy (non-hydrogen) atoms. The van der Waals surface area contributed by atoms with E-state index in [1.54, 1.807) is 54.7 Å². The zero-order chi connectivity index (χ0) is 21.4. The van der Waals surface area contributed by atoms with Gasteiger partial charge in [0.2, 0.25) is 0 Å². The van der Waals surface area contributed by atoms with Crippen LogP contribution in [0.4, 0.5) is 9.57 Å². The van der Waals surface area contributed by atoms with Crippen LogP contribution in [0.1, 0.15) is 11.1 Å². The van der Waals surface area contributed by atoms with Crippen molar-refractivity contribution in [3.63, 3.8) is 0 Å². The van der Waals surface area contributed by atoms with E-state index < -0.39 is 20.0 Å². The second kappa shape index (κ2) is 10.2. The third-order valence-corrected chi connectivity index (χ3v) is 5.03. The summed E-state index contributed by atoms with van der Waals surface area (Å²) in [5.74, 6) is 0. The highest BCUT2D eigenvalue weighted by molar-refractivity contribution is 7.86. The maximum atomic E-state index is 12.9. The molecule has 2 aromatic carbocycles. The van der Waals surface area contributed by atoms with E-state index >= 15 is 0 Å². The van der Waals surface area contributed by atoms with Gasteiger partial charge in [0.15, 0.2) is 0 Å². The van der Waals surface area contributed by atoms with Crippen LogP contribution in [0.5, 0.6) is 0 Å². The van der Waals surface area contributed by atoms with E-state index in [1.807, 2.05) is 0 Å². The van der Waals surface area contributed by atoms with E-state index in [1.165, 1.54) is 18.2 Å². The minimum Gasteiger partial charge on any atom is -0.258 e. The first-order valence-electron chi connectivity index (χ1n) is 8.05. The summed E-state index contributed by atoms with van der Waals surface area (Å²) in [6.45, 7) is 0. The van der Waals surface area contributed by atoms with E-state index in [0.717, 1.165) is 12.1 Å². The van der Waals surface area contributed by atoms with Crippen LogP contribution in [-0.4, -0.2) is 13.3 Å². The molecule has 0 atom stereocenters. The molecule has 0 aliphatic carbocycles. The first-order valence-corrected chi connectivity index (χ1v) is 10.2. The number of nitro groups is 1. The predicted molar refractivity (Wildman–Crippen MR) is 114 cm³/mol. The van der Waals surface area contributed by atoms with Gasteiger partial charge in [-0.1, -0.05) is 77.9 Å². The highest BCUT2D eigenvalue weighted by Crippen LogP contribution is 2.24. The van der Waals surface area contributed by atoms with Crippen molar-refractivity contribution < 1.29 is 17.2 Å². The van der Waals surface area contributed by atoms with Crippen LogP contribution in [-0.2, 0) is 10.2 Å². The van der Waals surface area contributed by atoms with Gasteiger partial charge in [0.05, 0.1) is 14.8 Å². The molecule has 0 fully saturated rings. The molecule has 2 rings (SSSR count). The lowest BCUT2D eigenvalue weighted by atomic mass is 10.2. The van der Waals surface area contributed by atoms with Crippen molar-refractivity contribution in [2.75, 3.05) is 0 Å². The molecular formula is C20H14Cl2FNO4S. The van der Waals surface area contributed by atoms with Crippen LogP contribution in [0.2, 0.25) is 10.0 Å². The molecule has 0 amide bonds. The van der Waals surface area contributed by atoms with Gasteiger partial charge in [0.1, 0.15) is 0 Å². The quantitative estimate of drug-likeness (QED) is 0.210. The van der Waals surface area contributed by atoms with Crippen LogP contribution in [0.15, 0.2) is 77.7 Å². The van der Waals surface area contributed by atoms with Gasteiger partial charge in [-0.15, -0.1) is 3.89 Å². The number of hydrogen-bond acceptors (Lipinski definition) is 4. The Balaban J connectivity index is 1.94. The fourth-order valence-corrected chi connectivity index (χ4v) is 3.17. The molecule has 0 unspecified atom stereocenters. The van der Waals surface area contributed by atoms with Gasteiger partial charge < -0.3 is 0 Å². The normalized spacial score (nSPS) is 12.7. The molecule has 0 aliphatic heterocycles. The summed E-state index contributed by atoms with van der Waals surface area (Å²) in [5, 5.41) is 11.1. The highest BCUT2D eigenvalue weighted by Gasteiger charge is 2.12. The first-order chi connectivity index (χ1) is 13.7. The van der Waals surface area contributed by atoms with Crippen molar-refractivity contribution >= 4 is 51.3 Å². The van der Waals surface area contributed by atoms with Crippen molar-refractivity contribution in [3.05, 3.63) is 104 Å². The van der Waals surface area contributed by atoms with Crippen molar-refractivity contribution in [1.29, 1.82) is 0 Å². The second-order valence-corrected chi connectivity index (χ2v) is 7.73. The number of benzene rings is 2. The Morgan fingerprint density at radius 2 is 1.31 bits per heavy atom. The molecule has 150 valence electrons. The van der Waals surface area contributed by atoms with Gasteiger partial charge >= 0.3 is 10.2 Å². The molecule has 0 heterocycles. The number of nitro benzene ring substituents is 1. The molecule has 0 bridgehead atoms. The Labute approximate surface area is 177 Å². The Morgan fingerprint density at radius 1 is 0.828 bits per heavy atom. The summed E-state index contributed by atoms with van der Waals surface area (Å²) < 4.78 is 34.6. The Bertz CT molecular complexity index is 1140. The third kappa shape index (κ3) is 6.98.